The number of aliphatic imine (C=N–C) groups is 1. The quantitative estimate of drug-likeness (QED) is 0.620. The number of nitrogens with zero attached hydrogens (tertiary/aromatic N) is 1. The molecule has 0 spiro atoms. The molecule has 1 fully saturated rings. The van der Waals surface area contributed by atoms with E-state index in [2.05, 4.69) is 59.8 Å². The molecule has 0 saturated carbocycles. The first kappa shape index (κ1) is 18.7. The third-order valence-electron chi connectivity index (χ3n) is 4.89. The average molecular weight is 333 g/mol. The summed E-state index contributed by atoms with van der Waals surface area (Å²) >= 11 is 0. The molecule has 0 aromatic heterocycles. The summed E-state index contributed by atoms with van der Waals surface area (Å²) in [6, 6.07) is 10.7. The molecule has 1 aliphatic heterocycles. The Bertz CT molecular complexity index is 523. The predicted octanol–water partition coefficient (Wildman–Crippen LogP) is 2.32. The molecule has 0 bridgehead atoms. The molecule has 0 atom stereocenters. The van der Waals surface area contributed by atoms with E-state index in [9.17, 15) is 0 Å². The molecule has 0 aliphatic carbocycles. The highest BCUT2D eigenvalue weighted by Crippen LogP contribution is 2.34. The molecule has 0 unspecified atom stereocenters. The lowest BCUT2D eigenvalue weighted by Gasteiger charge is -2.38. The summed E-state index contributed by atoms with van der Waals surface area (Å²) in [6.45, 7) is 7.26. The van der Waals surface area contributed by atoms with Crippen LogP contribution in [0, 0.1) is 0 Å². The monoisotopic (exact) mass is 333 g/mol. The van der Waals surface area contributed by atoms with Crippen molar-refractivity contribution in [2.45, 2.75) is 37.7 Å². The Labute approximate surface area is 145 Å². The number of hydrogen-bond acceptors (Lipinski definition) is 3. The highest BCUT2D eigenvalue weighted by atomic mass is 16.5. The van der Waals surface area contributed by atoms with Gasteiger partial charge in [-0.05, 0) is 32.3 Å². The lowest BCUT2D eigenvalue weighted by Crippen LogP contribution is -2.50. The van der Waals surface area contributed by atoms with E-state index in [0.717, 1.165) is 38.6 Å². The minimum absolute atomic E-state index is 0.0912. The van der Waals surface area contributed by atoms with Crippen molar-refractivity contribution in [1.82, 2.24) is 10.6 Å². The fraction of sp³-hybridized carbons (Fsp3) is 0.632. The third kappa shape index (κ3) is 4.95. The normalized spacial score (nSPS) is 18.2. The Balaban J connectivity index is 2.02. The van der Waals surface area contributed by atoms with Crippen LogP contribution < -0.4 is 10.6 Å². The van der Waals surface area contributed by atoms with E-state index < -0.39 is 0 Å². The summed E-state index contributed by atoms with van der Waals surface area (Å²) in [6.07, 6.45) is 2.04. The second kappa shape index (κ2) is 8.49. The van der Waals surface area contributed by atoms with Gasteiger partial charge in [0.15, 0.2) is 5.96 Å². The topological polar surface area (TPSA) is 54.9 Å². The molecule has 1 aromatic rings. The number of ether oxygens (including phenoxy) is 2. The van der Waals surface area contributed by atoms with Gasteiger partial charge in [-0.2, -0.15) is 0 Å². The van der Waals surface area contributed by atoms with E-state index >= 15 is 0 Å². The molecule has 0 amide bonds. The number of methoxy groups -OCH3 is 1. The first-order valence-electron chi connectivity index (χ1n) is 8.64. The highest BCUT2D eigenvalue weighted by Gasteiger charge is 2.34. The van der Waals surface area contributed by atoms with Crippen molar-refractivity contribution >= 4 is 5.96 Å². The molecular weight excluding hydrogens is 302 g/mol. The molecular formula is C19H31N3O2. The summed E-state index contributed by atoms with van der Waals surface area (Å²) in [4.78, 5) is 4.34. The predicted molar refractivity (Wildman–Crippen MR) is 98.6 cm³/mol. The Morgan fingerprint density at radius 2 is 1.88 bits per heavy atom. The minimum Gasteiger partial charge on any atom is -0.381 e. The molecule has 2 N–H and O–H groups in total. The van der Waals surface area contributed by atoms with Crippen LogP contribution in [0.2, 0.25) is 0 Å². The summed E-state index contributed by atoms with van der Waals surface area (Å²) in [5.74, 6) is 0.807. The van der Waals surface area contributed by atoms with Crippen molar-refractivity contribution in [2.75, 3.05) is 40.5 Å². The molecule has 5 nitrogen and oxygen atoms in total. The van der Waals surface area contributed by atoms with Crippen LogP contribution in [-0.2, 0) is 14.9 Å². The van der Waals surface area contributed by atoms with Gasteiger partial charge in [-0.3, -0.25) is 4.99 Å². The number of nitrogens with one attached hydrogen (secondary N) is 2. The first-order chi connectivity index (χ1) is 11.5. The molecule has 1 saturated heterocycles. The van der Waals surface area contributed by atoms with Gasteiger partial charge in [-0.1, -0.05) is 30.3 Å². The second-order valence-electron chi connectivity index (χ2n) is 7.00. The zero-order valence-corrected chi connectivity index (χ0v) is 15.4. The van der Waals surface area contributed by atoms with Crippen LogP contribution in [0.5, 0.6) is 0 Å². The molecule has 134 valence electrons. The smallest absolute Gasteiger partial charge is 0.191 e. The first-order valence-corrected chi connectivity index (χ1v) is 8.64. The van der Waals surface area contributed by atoms with E-state index in [1.807, 2.05) is 0 Å². The van der Waals surface area contributed by atoms with Gasteiger partial charge in [0, 0.05) is 45.9 Å². The van der Waals surface area contributed by atoms with Crippen molar-refractivity contribution in [3.8, 4) is 0 Å². The van der Waals surface area contributed by atoms with Crippen molar-refractivity contribution in [3.63, 3.8) is 0 Å². The summed E-state index contributed by atoms with van der Waals surface area (Å²) in [7, 11) is 3.53. The molecule has 5 heteroatoms. The lowest BCUT2D eigenvalue weighted by atomic mass is 9.74. The van der Waals surface area contributed by atoms with Crippen molar-refractivity contribution < 1.29 is 9.47 Å². The summed E-state index contributed by atoms with van der Waals surface area (Å²) < 4.78 is 11.1. The number of benzene rings is 1. The zero-order valence-electron chi connectivity index (χ0n) is 15.4. The molecule has 0 radical (unpaired) electrons. The summed E-state index contributed by atoms with van der Waals surface area (Å²) in [5, 5.41) is 6.85. The maximum absolute atomic E-state index is 5.60. The molecule has 24 heavy (non-hydrogen) atoms. The van der Waals surface area contributed by atoms with E-state index in [1.165, 1.54) is 5.56 Å². The van der Waals surface area contributed by atoms with Crippen LogP contribution in [0.4, 0.5) is 0 Å². The van der Waals surface area contributed by atoms with Gasteiger partial charge in [0.05, 0.1) is 5.60 Å². The van der Waals surface area contributed by atoms with Gasteiger partial charge < -0.3 is 20.1 Å². The third-order valence-corrected chi connectivity index (χ3v) is 4.89. The van der Waals surface area contributed by atoms with Crippen LogP contribution in [0.25, 0.3) is 0 Å². The molecule has 1 aromatic carbocycles. The van der Waals surface area contributed by atoms with Crippen LogP contribution >= 0.6 is 0 Å². The fourth-order valence-electron chi connectivity index (χ4n) is 2.96. The van der Waals surface area contributed by atoms with Crippen LogP contribution in [0.3, 0.4) is 0 Å². The molecule has 2 rings (SSSR count). The van der Waals surface area contributed by atoms with E-state index in [4.69, 9.17) is 9.47 Å². The van der Waals surface area contributed by atoms with Crippen LogP contribution in [-0.4, -0.2) is 52.0 Å². The summed E-state index contributed by atoms with van der Waals surface area (Å²) in [5.41, 5.74) is 1.23. The SMILES string of the molecule is CN=C(NCC(C)(C)OC)NCC1(c2ccccc2)CCOCC1. The van der Waals surface area contributed by atoms with E-state index in [-0.39, 0.29) is 11.0 Å². The minimum atomic E-state index is -0.229. The van der Waals surface area contributed by atoms with Crippen molar-refractivity contribution in [2.24, 2.45) is 4.99 Å². The maximum Gasteiger partial charge on any atom is 0.191 e. The van der Waals surface area contributed by atoms with E-state index in [0.29, 0.717) is 6.54 Å². The van der Waals surface area contributed by atoms with E-state index in [1.54, 1.807) is 14.2 Å². The Kier molecular flexibility index (Phi) is 6.63. The number of rotatable bonds is 6. The molecule has 1 heterocycles. The van der Waals surface area contributed by atoms with Gasteiger partial charge in [-0.25, -0.2) is 0 Å². The van der Waals surface area contributed by atoms with Crippen LogP contribution in [0.15, 0.2) is 35.3 Å². The Morgan fingerprint density at radius 1 is 1.21 bits per heavy atom. The fourth-order valence-corrected chi connectivity index (χ4v) is 2.96. The van der Waals surface area contributed by atoms with Crippen molar-refractivity contribution in [3.05, 3.63) is 35.9 Å². The number of guanidine groups is 1. The van der Waals surface area contributed by atoms with Gasteiger partial charge >= 0.3 is 0 Å². The van der Waals surface area contributed by atoms with Crippen molar-refractivity contribution in [1.29, 1.82) is 0 Å². The zero-order chi connectivity index (χ0) is 17.5. The van der Waals surface area contributed by atoms with Gasteiger partial charge in [0.25, 0.3) is 0 Å². The number of hydrogen-bond donors (Lipinski definition) is 2. The Morgan fingerprint density at radius 3 is 2.46 bits per heavy atom. The second-order valence-corrected chi connectivity index (χ2v) is 7.00. The van der Waals surface area contributed by atoms with Gasteiger partial charge in [0.2, 0.25) is 0 Å². The Hall–Kier alpha value is -1.59. The maximum atomic E-state index is 5.60. The average Bonchev–Trinajstić information content (AvgIpc) is 2.63. The lowest BCUT2D eigenvalue weighted by molar-refractivity contribution is 0.0267. The largest absolute Gasteiger partial charge is 0.381 e. The standard InChI is InChI=1S/C19H31N3O2/c1-18(2,23-4)14-21-17(20-3)22-15-19(10-12-24-13-11-19)16-8-6-5-7-9-16/h5-9H,10-15H2,1-4H3,(H2,20,21,22). The van der Waals surface area contributed by atoms with Crippen LogP contribution in [0.1, 0.15) is 32.3 Å². The van der Waals surface area contributed by atoms with Gasteiger partial charge in [-0.15, -0.1) is 0 Å². The highest BCUT2D eigenvalue weighted by molar-refractivity contribution is 5.79. The van der Waals surface area contributed by atoms with Gasteiger partial charge in [0.1, 0.15) is 0 Å². The molecule has 1 aliphatic rings.